The van der Waals surface area contributed by atoms with Crippen LogP contribution in [0, 0.1) is 5.92 Å². The zero-order valence-corrected chi connectivity index (χ0v) is 9.33. The van der Waals surface area contributed by atoms with Gasteiger partial charge in [0.25, 0.3) is 0 Å². The third kappa shape index (κ3) is 3.56. The molecule has 1 aliphatic rings. The maximum absolute atomic E-state index is 9.07. The third-order valence-corrected chi connectivity index (χ3v) is 3.24. The van der Waals surface area contributed by atoms with Crippen molar-refractivity contribution in [3.05, 3.63) is 0 Å². The third-order valence-electron chi connectivity index (χ3n) is 3.24. The maximum atomic E-state index is 9.07. The van der Waals surface area contributed by atoms with Crippen molar-refractivity contribution in [1.29, 1.82) is 0 Å². The number of methoxy groups -OCH3 is 1. The molecule has 0 aromatic heterocycles. The van der Waals surface area contributed by atoms with E-state index in [9.17, 15) is 0 Å². The van der Waals surface area contributed by atoms with Gasteiger partial charge in [-0.15, -0.1) is 0 Å². The summed E-state index contributed by atoms with van der Waals surface area (Å²) in [5.41, 5.74) is 5.53. The Morgan fingerprint density at radius 3 is 2.36 bits per heavy atom. The molecule has 3 N–H and O–H groups in total. The molecule has 0 saturated heterocycles. The number of hydrogen-bond donors (Lipinski definition) is 2. The second-order valence-electron chi connectivity index (χ2n) is 4.89. The van der Waals surface area contributed by atoms with Crippen LogP contribution in [0.15, 0.2) is 0 Å². The standard InChI is InChI=1S/C11H23NO2/c1-11(12,8-13)7-9-3-5-10(14-2)6-4-9/h9-10,13H,3-8,12H2,1-2H3. The summed E-state index contributed by atoms with van der Waals surface area (Å²) in [6, 6.07) is 0. The van der Waals surface area contributed by atoms with Crippen LogP contribution >= 0.6 is 0 Å². The number of hydrogen-bond acceptors (Lipinski definition) is 3. The quantitative estimate of drug-likeness (QED) is 0.720. The summed E-state index contributed by atoms with van der Waals surface area (Å²) in [5, 5.41) is 9.07. The highest BCUT2D eigenvalue weighted by Crippen LogP contribution is 2.30. The van der Waals surface area contributed by atoms with Gasteiger partial charge in [0.1, 0.15) is 0 Å². The molecular weight excluding hydrogens is 178 g/mol. The van der Waals surface area contributed by atoms with Crippen LogP contribution in [0.1, 0.15) is 39.0 Å². The van der Waals surface area contributed by atoms with Gasteiger partial charge in [-0.3, -0.25) is 0 Å². The van der Waals surface area contributed by atoms with Crippen LogP contribution in [0.4, 0.5) is 0 Å². The summed E-state index contributed by atoms with van der Waals surface area (Å²) in [6.45, 7) is 2.01. The summed E-state index contributed by atoms with van der Waals surface area (Å²) in [7, 11) is 1.78. The second kappa shape index (κ2) is 5.10. The van der Waals surface area contributed by atoms with Crippen molar-refractivity contribution >= 4 is 0 Å². The predicted molar refractivity (Wildman–Crippen MR) is 57.1 cm³/mol. The summed E-state index contributed by atoms with van der Waals surface area (Å²) < 4.78 is 5.32. The van der Waals surface area contributed by atoms with Gasteiger partial charge in [-0.25, -0.2) is 0 Å². The summed E-state index contributed by atoms with van der Waals surface area (Å²) in [4.78, 5) is 0. The van der Waals surface area contributed by atoms with Gasteiger partial charge < -0.3 is 15.6 Å². The fourth-order valence-electron chi connectivity index (χ4n) is 2.30. The van der Waals surface area contributed by atoms with Crippen LogP contribution in [0.2, 0.25) is 0 Å². The van der Waals surface area contributed by atoms with Crippen molar-refractivity contribution in [2.75, 3.05) is 13.7 Å². The molecule has 1 aliphatic carbocycles. The number of aliphatic hydroxyl groups excluding tert-OH is 1. The van der Waals surface area contributed by atoms with E-state index in [1.165, 1.54) is 12.8 Å². The Morgan fingerprint density at radius 2 is 1.93 bits per heavy atom. The zero-order valence-electron chi connectivity index (χ0n) is 9.33. The lowest BCUT2D eigenvalue weighted by Crippen LogP contribution is -2.42. The molecule has 0 radical (unpaired) electrons. The molecule has 1 saturated carbocycles. The van der Waals surface area contributed by atoms with Crippen LogP contribution in [-0.2, 0) is 4.74 Å². The van der Waals surface area contributed by atoms with Gasteiger partial charge in [0.05, 0.1) is 12.7 Å². The Kier molecular flexibility index (Phi) is 4.35. The highest BCUT2D eigenvalue weighted by atomic mass is 16.5. The predicted octanol–water partition coefficient (Wildman–Crippen LogP) is 1.29. The molecule has 1 unspecified atom stereocenters. The first-order chi connectivity index (χ1) is 6.57. The molecular formula is C11H23NO2. The lowest BCUT2D eigenvalue weighted by atomic mass is 9.80. The Labute approximate surface area is 86.6 Å². The Balaban J connectivity index is 2.28. The van der Waals surface area contributed by atoms with E-state index in [4.69, 9.17) is 15.6 Å². The van der Waals surface area contributed by atoms with Crippen molar-refractivity contribution < 1.29 is 9.84 Å². The topological polar surface area (TPSA) is 55.5 Å². The van der Waals surface area contributed by atoms with Crippen LogP contribution < -0.4 is 5.73 Å². The fourth-order valence-corrected chi connectivity index (χ4v) is 2.30. The SMILES string of the molecule is COC1CCC(CC(C)(N)CO)CC1. The molecule has 84 valence electrons. The average molecular weight is 201 g/mol. The highest BCUT2D eigenvalue weighted by molar-refractivity contribution is 4.83. The minimum atomic E-state index is -0.398. The Morgan fingerprint density at radius 1 is 1.36 bits per heavy atom. The molecule has 1 fully saturated rings. The summed E-state index contributed by atoms with van der Waals surface area (Å²) in [6.07, 6.45) is 6.03. The normalized spacial score (nSPS) is 32.6. The molecule has 3 heteroatoms. The van der Waals surface area contributed by atoms with Gasteiger partial charge in [-0.05, 0) is 44.9 Å². The lowest BCUT2D eigenvalue weighted by molar-refractivity contribution is 0.0492. The minimum Gasteiger partial charge on any atom is -0.394 e. The first-order valence-electron chi connectivity index (χ1n) is 5.50. The molecule has 14 heavy (non-hydrogen) atoms. The second-order valence-corrected chi connectivity index (χ2v) is 4.89. The van der Waals surface area contributed by atoms with Crippen molar-refractivity contribution in [2.45, 2.75) is 50.7 Å². The minimum absolute atomic E-state index is 0.0806. The van der Waals surface area contributed by atoms with E-state index in [0.717, 1.165) is 19.3 Å². The molecule has 0 bridgehead atoms. The number of aliphatic hydroxyl groups is 1. The van der Waals surface area contributed by atoms with Crippen LogP contribution in [0.5, 0.6) is 0 Å². The van der Waals surface area contributed by atoms with E-state index in [0.29, 0.717) is 12.0 Å². The van der Waals surface area contributed by atoms with Gasteiger partial charge in [0.15, 0.2) is 0 Å². The van der Waals surface area contributed by atoms with Crippen LogP contribution in [-0.4, -0.2) is 30.5 Å². The Hall–Kier alpha value is -0.120. The summed E-state index contributed by atoms with van der Waals surface area (Å²) in [5.74, 6) is 0.670. The highest BCUT2D eigenvalue weighted by Gasteiger charge is 2.27. The van der Waals surface area contributed by atoms with Crippen molar-refractivity contribution in [1.82, 2.24) is 0 Å². The van der Waals surface area contributed by atoms with Gasteiger partial charge in [0, 0.05) is 12.6 Å². The molecule has 0 aromatic carbocycles. The molecule has 0 spiro atoms. The largest absolute Gasteiger partial charge is 0.394 e. The first kappa shape index (κ1) is 12.0. The zero-order chi connectivity index (χ0) is 10.6. The van der Waals surface area contributed by atoms with E-state index in [1.54, 1.807) is 7.11 Å². The van der Waals surface area contributed by atoms with E-state index in [1.807, 2.05) is 6.92 Å². The van der Waals surface area contributed by atoms with Crippen LogP contribution in [0.3, 0.4) is 0 Å². The van der Waals surface area contributed by atoms with E-state index >= 15 is 0 Å². The van der Waals surface area contributed by atoms with Gasteiger partial charge in [-0.1, -0.05) is 0 Å². The first-order valence-corrected chi connectivity index (χ1v) is 5.50. The van der Waals surface area contributed by atoms with E-state index < -0.39 is 5.54 Å². The smallest absolute Gasteiger partial charge is 0.0608 e. The van der Waals surface area contributed by atoms with Crippen molar-refractivity contribution in [3.8, 4) is 0 Å². The van der Waals surface area contributed by atoms with E-state index in [-0.39, 0.29) is 6.61 Å². The number of ether oxygens (including phenoxy) is 1. The van der Waals surface area contributed by atoms with Gasteiger partial charge in [0.2, 0.25) is 0 Å². The van der Waals surface area contributed by atoms with Crippen molar-refractivity contribution in [2.24, 2.45) is 11.7 Å². The molecule has 0 aromatic rings. The average Bonchev–Trinajstić information content (AvgIpc) is 2.19. The monoisotopic (exact) mass is 201 g/mol. The molecule has 0 amide bonds. The fraction of sp³-hybridized carbons (Fsp3) is 1.00. The summed E-state index contributed by atoms with van der Waals surface area (Å²) >= 11 is 0. The Bertz CT molecular complexity index is 163. The molecule has 1 atom stereocenters. The van der Waals surface area contributed by atoms with Gasteiger partial charge >= 0.3 is 0 Å². The lowest BCUT2D eigenvalue weighted by Gasteiger charge is -2.32. The molecule has 1 rings (SSSR count). The maximum Gasteiger partial charge on any atom is 0.0608 e. The van der Waals surface area contributed by atoms with Crippen molar-refractivity contribution in [3.63, 3.8) is 0 Å². The molecule has 3 nitrogen and oxygen atoms in total. The van der Waals surface area contributed by atoms with Gasteiger partial charge in [-0.2, -0.15) is 0 Å². The number of rotatable bonds is 4. The molecule has 0 aliphatic heterocycles. The number of nitrogens with two attached hydrogens (primary N) is 1. The van der Waals surface area contributed by atoms with E-state index in [2.05, 4.69) is 0 Å². The molecule has 0 heterocycles. The van der Waals surface area contributed by atoms with Crippen LogP contribution in [0.25, 0.3) is 0 Å².